The Morgan fingerprint density at radius 2 is 1.94 bits per heavy atom. The zero-order valence-electron chi connectivity index (χ0n) is 9.07. The van der Waals surface area contributed by atoms with Gasteiger partial charge < -0.3 is 10.5 Å². The van der Waals surface area contributed by atoms with E-state index >= 15 is 0 Å². The van der Waals surface area contributed by atoms with Crippen LogP contribution in [0.2, 0.25) is 0 Å². The molecule has 17 heavy (non-hydrogen) atoms. The molecule has 2 rings (SSSR count). The van der Waals surface area contributed by atoms with Gasteiger partial charge in [-0.1, -0.05) is 18.2 Å². The molecule has 0 aliphatic rings. The van der Waals surface area contributed by atoms with Crippen LogP contribution >= 0.6 is 0 Å². The average Bonchev–Trinajstić information content (AvgIpc) is 2.72. The number of methoxy groups -OCH3 is 1. The van der Waals surface area contributed by atoms with Crippen molar-refractivity contribution < 1.29 is 13.2 Å². The number of rotatable bonds is 3. The maximum atomic E-state index is 12.1. The van der Waals surface area contributed by atoms with Crippen LogP contribution in [0.4, 0.5) is 5.82 Å². The van der Waals surface area contributed by atoms with Crippen molar-refractivity contribution >= 4 is 15.8 Å². The Morgan fingerprint density at radius 1 is 1.29 bits per heavy atom. The van der Waals surface area contributed by atoms with Crippen LogP contribution in [0.25, 0.3) is 0 Å². The quantitative estimate of drug-likeness (QED) is 0.870. The van der Waals surface area contributed by atoms with E-state index < -0.39 is 10.0 Å². The fourth-order valence-electron chi connectivity index (χ4n) is 1.34. The normalized spacial score (nSPS) is 11.4. The van der Waals surface area contributed by atoms with E-state index in [0.29, 0.717) is 0 Å². The zero-order chi connectivity index (χ0) is 12.5. The van der Waals surface area contributed by atoms with Crippen LogP contribution in [0.15, 0.2) is 41.3 Å². The first-order chi connectivity index (χ1) is 8.05. The van der Waals surface area contributed by atoms with Gasteiger partial charge in [0.15, 0.2) is 0 Å². The standard InChI is InChI=1S/C10H11N3O3S/c1-16-10-7-9(11)13(12-10)17(14,15)8-5-3-2-4-6-8/h2-7H,11H2,1H3. The van der Waals surface area contributed by atoms with Crippen LogP contribution in [0.1, 0.15) is 0 Å². The van der Waals surface area contributed by atoms with Gasteiger partial charge in [-0.15, -0.1) is 9.19 Å². The molecule has 0 spiro atoms. The molecule has 1 aromatic heterocycles. The van der Waals surface area contributed by atoms with Crippen LogP contribution in [0, 0.1) is 0 Å². The molecule has 0 aliphatic carbocycles. The first kappa shape index (κ1) is 11.5. The van der Waals surface area contributed by atoms with Crippen LogP contribution in [-0.4, -0.2) is 24.7 Å². The van der Waals surface area contributed by atoms with Crippen LogP contribution in [0.5, 0.6) is 5.88 Å². The Labute approximate surface area is 98.7 Å². The third-order valence-corrected chi connectivity index (χ3v) is 3.78. The fraction of sp³-hybridized carbons (Fsp3) is 0.100. The first-order valence-corrected chi connectivity index (χ1v) is 6.20. The van der Waals surface area contributed by atoms with Crippen molar-refractivity contribution in [2.75, 3.05) is 12.8 Å². The largest absolute Gasteiger partial charge is 0.480 e. The highest BCUT2D eigenvalue weighted by Gasteiger charge is 2.21. The molecule has 0 unspecified atom stereocenters. The highest BCUT2D eigenvalue weighted by Crippen LogP contribution is 2.20. The molecule has 0 saturated heterocycles. The lowest BCUT2D eigenvalue weighted by Crippen LogP contribution is -2.16. The van der Waals surface area contributed by atoms with Gasteiger partial charge in [0.05, 0.1) is 12.0 Å². The van der Waals surface area contributed by atoms with Gasteiger partial charge in [0, 0.05) is 6.07 Å². The molecular weight excluding hydrogens is 242 g/mol. The molecule has 1 heterocycles. The van der Waals surface area contributed by atoms with Crippen molar-refractivity contribution in [1.82, 2.24) is 9.19 Å². The van der Waals surface area contributed by atoms with Gasteiger partial charge in [-0.05, 0) is 12.1 Å². The molecule has 90 valence electrons. The molecule has 0 saturated carbocycles. The zero-order valence-corrected chi connectivity index (χ0v) is 9.89. The summed E-state index contributed by atoms with van der Waals surface area (Å²) in [5, 5.41) is 3.76. The average molecular weight is 253 g/mol. The minimum Gasteiger partial charge on any atom is -0.480 e. The van der Waals surface area contributed by atoms with Gasteiger partial charge in [0.2, 0.25) is 5.88 Å². The molecule has 2 aromatic rings. The molecule has 0 amide bonds. The second-order valence-electron chi connectivity index (χ2n) is 3.27. The third kappa shape index (κ3) is 1.96. The third-order valence-electron chi connectivity index (χ3n) is 2.16. The SMILES string of the molecule is COc1cc(N)n(S(=O)(=O)c2ccccc2)n1. The minimum absolute atomic E-state index is 0.00528. The van der Waals surface area contributed by atoms with Crippen molar-refractivity contribution in [3.8, 4) is 5.88 Å². The predicted molar refractivity (Wildman–Crippen MR) is 62.2 cm³/mol. The topological polar surface area (TPSA) is 87.2 Å². The summed E-state index contributed by atoms with van der Waals surface area (Å²) in [5.41, 5.74) is 5.58. The summed E-state index contributed by atoms with van der Waals surface area (Å²) in [5.74, 6) is 0.160. The number of nitrogens with zero attached hydrogens (tertiary/aromatic N) is 2. The van der Waals surface area contributed by atoms with Crippen molar-refractivity contribution in [2.24, 2.45) is 0 Å². The second-order valence-corrected chi connectivity index (χ2v) is 5.04. The Kier molecular flexibility index (Phi) is 2.76. The molecular formula is C10H11N3O3S. The molecule has 2 N–H and O–H groups in total. The molecule has 0 aliphatic heterocycles. The van der Waals surface area contributed by atoms with Crippen LogP contribution in [-0.2, 0) is 10.0 Å². The Bertz CT molecular complexity index is 620. The highest BCUT2D eigenvalue weighted by molar-refractivity contribution is 7.90. The van der Waals surface area contributed by atoms with Gasteiger partial charge in [-0.3, -0.25) is 0 Å². The van der Waals surface area contributed by atoms with Crippen LogP contribution in [0.3, 0.4) is 0 Å². The van der Waals surface area contributed by atoms with Gasteiger partial charge >= 0.3 is 0 Å². The molecule has 0 atom stereocenters. The van der Waals surface area contributed by atoms with E-state index in [2.05, 4.69) is 5.10 Å². The summed E-state index contributed by atoms with van der Waals surface area (Å²) in [4.78, 5) is 0.123. The number of anilines is 1. The lowest BCUT2D eigenvalue weighted by molar-refractivity contribution is 0.395. The second kappa shape index (κ2) is 4.10. The fourth-order valence-corrected chi connectivity index (χ4v) is 2.56. The Hall–Kier alpha value is -2.02. The summed E-state index contributed by atoms with van der Waals surface area (Å²) in [7, 11) is -2.37. The smallest absolute Gasteiger partial charge is 0.284 e. The summed E-state index contributed by atoms with van der Waals surface area (Å²) in [6.07, 6.45) is 0. The van der Waals surface area contributed by atoms with E-state index in [1.807, 2.05) is 0 Å². The van der Waals surface area contributed by atoms with E-state index in [1.165, 1.54) is 25.3 Å². The minimum atomic E-state index is -3.76. The molecule has 0 fully saturated rings. The van der Waals surface area contributed by atoms with Gasteiger partial charge in [0.25, 0.3) is 10.0 Å². The van der Waals surface area contributed by atoms with Crippen LogP contribution < -0.4 is 10.5 Å². The Morgan fingerprint density at radius 3 is 2.47 bits per heavy atom. The number of nitrogen functional groups attached to an aromatic ring is 1. The van der Waals surface area contributed by atoms with E-state index in [0.717, 1.165) is 4.09 Å². The molecule has 0 radical (unpaired) electrons. The van der Waals surface area contributed by atoms with Gasteiger partial charge in [0.1, 0.15) is 5.82 Å². The summed E-state index contributed by atoms with van der Waals surface area (Å²) < 4.78 is 29.9. The van der Waals surface area contributed by atoms with E-state index in [9.17, 15) is 8.42 Å². The first-order valence-electron chi connectivity index (χ1n) is 4.76. The van der Waals surface area contributed by atoms with Gasteiger partial charge in [-0.25, -0.2) is 0 Å². The maximum absolute atomic E-state index is 12.1. The Balaban J connectivity index is 2.56. The number of ether oxygens (including phenoxy) is 1. The van der Waals surface area contributed by atoms with E-state index in [-0.39, 0.29) is 16.6 Å². The summed E-state index contributed by atoms with van der Waals surface area (Å²) in [6, 6.07) is 9.28. The number of aromatic nitrogens is 2. The highest BCUT2D eigenvalue weighted by atomic mass is 32.2. The predicted octanol–water partition coefficient (Wildman–Crippen LogP) is 0.711. The summed E-state index contributed by atoms with van der Waals surface area (Å²) >= 11 is 0. The van der Waals surface area contributed by atoms with Crippen molar-refractivity contribution in [2.45, 2.75) is 4.90 Å². The molecule has 1 aromatic carbocycles. The van der Waals surface area contributed by atoms with E-state index in [4.69, 9.17) is 10.5 Å². The lowest BCUT2D eigenvalue weighted by Gasteiger charge is -2.05. The molecule has 0 bridgehead atoms. The maximum Gasteiger partial charge on any atom is 0.284 e. The van der Waals surface area contributed by atoms with Gasteiger partial charge in [-0.2, -0.15) is 8.42 Å². The van der Waals surface area contributed by atoms with Crippen molar-refractivity contribution in [3.63, 3.8) is 0 Å². The number of benzene rings is 1. The lowest BCUT2D eigenvalue weighted by atomic mass is 10.4. The monoisotopic (exact) mass is 253 g/mol. The number of hydrogen-bond donors (Lipinski definition) is 1. The molecule has 7 heteroatoms. The van der Waals surface area contributed by atoms with E-state index in [1.54, 1.807) is 18.2 Å². The van der Waals surface area contributed by atoms with Crippen molar-refractivity contribution in [1.29, 1.82) is 0 Å². The van der Waals surface area contributed by atoms with Crippen molar-refractivity contribution in [3.05, 3.63) is 36.4 Å². The molecule has 6 nitrogen and oxygen atoms in total. The summed E-state index contributed by atoms with van der Waals surface area (Å²) in [6.45, 7) is 0. The number of hydrogen-bond acceptors (Lipinski definition) is 5. The number of nitrogens with two attached hydrogens (primary N) is 1.